The maximum Gasteiger partial charge on any atom is 0.0867 e. The Bertz CT molecular complexity index is 559. The standard InChI is InChI=1S/C14H18N4/c1-10-4-2-3-5-13(10)18-14-7-6-11(9-15)8-12(14)16-17-18/h2-5,11H,6-9,15H2,1H3. The summed E-state index contributed by atoms with van der Waals surface area (Å²) >= 11 is 0. The number of nitrogens with zero attached hydrogens (tertiary/aromatic N) is 3. The Kier molecular flexibility index (Phi) is 2.88. The highest BCUT2D eigenvalue weighted by atomic mass is 15.4. The number of hydrogen-bond donors (Lipinski definition) is 1. The first-order valence-corrected chi connectivity index (χ1v) is 6.49. The second kappa shape index (κ2) is 4.53. The molecule has 0 spiro atoms. The van der Waals surface area contributed by atoms with E-state index in [-0.39, 0.29) is 0 Å². The van der Waals surface area contributed by atoms with E-state index in [0.29, 0.717) is 5.92 Å². The molecular formula is C14H18N4. The Morgan fingerprint density at radius 2 is 2.22 bits per heavy atom. The molecule has 18 heavy (non-hydrogen) atoms. The van der Waals surface area contributed by atoms with Crippen LogP contribution in [-0.4, -0.2) is 21.5 Å². The molecular weight excluding hydrogens is 224 g/mol. The van der Waals surface area contributed by atoms with Crippen LogP contribution < -0.4 is 5.73 Å². The summed E-state index contributed by atoms with van der Waals surface area (Å²) in [6.07, 6.45) is 3.14. The highest BCUT2D eigenvalue weighted by Gasteiger charge is 2.23. The molecule has 94 valence electrons. The molecule has 2 aromatic rings. The Balaban J connectivity index is 2.01. The number of rotatable bonds is 2. The van der Waals surface area contributed by atoms with Crippen molar-refractivity contribution in [2.24, 2.45) is 11.7 Å². The summed E-state index contributed by atoms with van der Waals surface area (Å²) in [5.41, 5.74) is 10.5. The lowest BCUT2D eigenvalue weighted by atomic mass is 9.90. The summed E-state index contributed by atoms with van der Waals surface area (Å²) in [6, 6.07) is 8.29. The molecule has 4 heteroatoms. The predicted octanol–water partition coefficient (Wildman–Crippen LogP) is 1.64. The topological polar surface area (TPSA) is 56.7 Å². The quantitative estimate of drug-likeness (QED) is 0.871. The second-order valence-corrected chi connectivity index (χ2v) is 5.03. The van der Waals surface area contributed by atoms with E-state index in [2.05, 4.69) is 29.4 Å². The fourth-order valence-corrected chi connectivity index (χ4v) is 2.65. The van der Waals surface area contributed by atoms with Gasteiger partial charge in [0, 0.05) is 0 Å². The van der Waals surface area contributed by atoms with Gasteiger partial charge in [0.25, 0.3) is 0 Å². The third-order valence-electron chi connectivity index (χ3n) is 3.79. The molecule has 0 bridgehead atoms. The van der Waals surface area contributed by atoms with Crippen LogP contribution in [-0.2, 0) is 12.8 Å². The highest BCUT2D eigenvalue weighted by Crippen LogP contribution is 2.25. The molecule has 1 aromatic heterocycles. The molecule has 1 atom stereocenters. The van der Waals surface area contributed by atoms with Crippen molar-refractivity contribution in [3.8, 4) is 5.69 Å². The van der Waals surface area contributed by atoms with Crippen molar-refractivity contribution in [1.82, 2.24) is 15.0 Å². The van der Waals surface area contributed by atoms with Gasteiger partial charge < -0.3 is 5.73 Å². The van der Waals surface area contributed by atoms with Gasteiger partial charge >= 0.3 is 0 Å². The number of benzene rings is 1. The van der Waals surface area contributed by atoms with Gasteiger partial charge in [-0.05, 0) is 50.3 Å². The van der Waals surface area contributed by atoms with Crippen molar-refractivity contribution in [1.29, 1.82) is 0 Å². The van der Waals surface area contributed by atoms with Crippen molar-refractivity contribution < 1.29 is 0 Å². The zero-order valence-corrected chi connectivity index (χ0v) is 10.6. The lowest BCUT2D eigenvalue weighted by Crippen LogP contribution is -2.23. The number of aryl methyl sites for hydroxylation is 1. The van der Waals surface area contributed by atoms with Crippen LogP contribution >= 0.6 is 0 Å². The summed E-state index contributed by atoms with van der Waals surface area (Å²) in [5.74, 6) is 0.569. The summed E-state index contributed by atoms with van der Waals surface area (Å²) in [5, 5.41) is 8.65. The summed E-state index contributed by atoms with van der Waals surface area (Å²) in [7, 11) is 0. The minimum atomic E-state index is 0.569. The van der Waals surface area contributed by atoms with Gasteiger partial charge in [0.2, 0.25) is 0 Å². The molecule has 1 aliphatic rings. The molecule has 1 heterocycles. The number of para-hydroxylation sites is 1. The van der Waals surface area contributed by atoms with E-state index in [0.717, 1.165) is 37.2 Å². The molecule has 1 aliphatic carbocycles. The maximum absolute atomic E-state index is 5.75. The minimum Gasteiger partial charge on any atom is -0.330 e. The third-order valence-corrected chi connectivity index (χ3v) is 3.79. The average Bonchev–Trinajstić information content (AvgIpc) is 2.82. The van der Waals surface area contributed by atoms with Crippen LogP contribution in [0.25, 0.3) is 5.69 Å². The zero-order chi connectivity index (χ0) is 12.5. The van der Waals surface area contributed by atoms with Crippen LogP contribution in [0.5, 0.6) is 0 Å². The third kappa shape index (κ3) is 1.82. The number of nitrogens with two attached hydrogens (primary N) is 1. The number of hydrogen-bond acceptors (Lipinski definition) is 3. The second-order valence-electron chi connectivity index (χ2n) is 5.03. The largest absolute Gasteiger partial charge is 0.330 e. The lowest BCUT2D eigenvalue weighted by molar-refractivity contribution is 0.458. The predicted molar refractivity (Wildman–Crippen MR) is 70.7 cm³/mol. The number of fused-ring (bicyclic) bond motifs is 1. The van der Waals surface area contributed by atoms with Crippen molar-refractivity contribution in [2.45, 2.75) is 26.2 Å². The Morgan fingerprint density at radius 3 is 3.00 bits per heavy atom. The molecule has 2 N–H and O–H groups in total. The van der Waals surface area contributed by atoms with Gasteiger partial charge in [0.05, 0.1) is 17.1 Å². The molecule has 0 saturated heterocycles. The van der Waals surface area contributed by atoms with Crippen LogP contribution in [0.3, 0.4) is 0 Å². The van der Waals surface area contributed by atoms with Gasteiger partial charge in [-0.3, -0.25) is 0 Å². The lowest BCUT2D eigenvalue weighted by Gasteiger charge is -2.20. The summed E-state index contributed by atoms with van der Waals surface area (Å²) in [4.78, 5) is 0. The van der Waals surface area contributed by atoms with Crippen molar-refractivity contribution in [3.05, 3.63) is 41.2 Å². The average molecular weight is 242 g/mol. The molecule has 0 saturated carbocycles. The van der Waals surface area contributed by atoms with Crippen molar-refractivity contribution in [2.75, 3.05) is 6.54 Å². The maximum atomic E-state index is 5.75. The van der Waals surface area contributed by atoms with E-state index >= 15 is 0 Å². The van der Waals surface area contributed by atoms with Gasteiger partial charge in [0.1, 0.15) is 0 Å². The van der Waals surface area contributed by atoms with E-state index in [1.54, 1.807) is 0 Å². The highest BCUT2D eigenvalue weighted by molar-refractivity contribution is 5.41. The fourth-order valence-electron chi connectivity index (χ4n) is 2.65. The van der Waals surface area contributed by atoms with E-state index < -0.39 is 0 Å². The smallest absolute Gasteiger partial charge is 0.0867 e. The minimum absolute atomic E-state index is 0.569. The first-order valence-electron chi connectivity index (χ1n) is 6.49. The molecule has 0 amide bonds. The molecule has 4 nitrogen and oxygen atoms in total. The Hall–Kier alpha value is -1.68. The SMILES string of the molecule is Cc1ccccc1-n1nnc2c1CCC(CN)C2. The fraction of sp³-hybridized carbons (Fsp3) is 0.429. The number of aromatic nitrogens is 3. The Morgan fingerprint density at radius 1 is 1.39 bits per heavy atom. The van der Waals surface area contributed by atoms with Gasteiger partial charge in [-0.2, -0.15) is 0 Å². The monoisotopic (exact) mass is 242 g/mol. The van der Waals surface area contributed by atoms with Crippen molar-refractivity contribution >= 4 is 0 Å². The van der Waals surface area contributed by atoms with Crippen LogP contribution in [0.15, 0.2) is 24.3 Å². The molecule has 1 unspecified atom stereocenters. The molecule has 3 rings (SSSR count). The molecule has 0 fully saturated rings. The summed E-state index contributed by atoms with van der Waals surface area (Å²) in [6.45, 7) is 2.85. The van der Waals surface area contributed by atoms with Gasteiger partial charge in [-0.15, -0.1) is 5.10 Å². The Labute approximate surface area is 107 Å². The molecule has 1 aromatic carbocycles. The normalized spacial score (nSPS) is 18.7. The van der Waals surface area contributed by atoms with Crippen LogP contribution in [0, 0.1) is 12.8 Å². The van der Waals surface area contributed by atoms with Gasteiger partial charge in [0.15, 0.2) is 0 Å². The first kappa shape index (κ1) is 11.4. The van der Waals surface area contributed by atoms with Crippen LogP contribution in [0.4, 0.5) is 0 Å². The summed E-state index contributed by atoms with van der Waals surface area (Å²) < 4.78 is 2.00. The van der Waals surface area contributed by atoms with E-state index in [9.17, 15) is 0 Å². The molecule has 0 aliphatic heterocycles. The van der Waals surface area contributed by atoms with Crippen LogP contribution in [0.1, 0.15) is 23.4 Å². The van der Waals surface area contributed by atoms with E-state index in [1.807, 2.05) is 16.8 Å². The van der Waals surface area contributed by atoms with E-state index in [1.165, 1.54) is 11.3 Å². The van der Waals surface area contributed by atoms with Gasteiger partial charge in [-0.1, -0.05) is 23.4 Å². The first-order chi connectivity index (χ1) is 8.79. The van der Waals surface area contributed by atoms with Crippen LogP contribution in [0.2, 0.25) is 0 Å². The van der Waals surface area contributed by atoms with E-state index in [4.69, 9.17) is 5.73 Å². The zero-order valence-electron chi connectivity index (χ0n) is 10.6. The van der Waals surface area contributed by atoms with Crippen molar-refractivity contribution in [3.63, 3.8) is 0 Å². The van der Waals surface area contributed by atoms with Gasteiger partial charge in [-0.25, -0.2) is 4.68 Å². The molecule has 0 radical (unpaired) electrons.